The minimum atomic E-state index is -0.134. The molecule has 0 saturated heterocycles. The van der Waals surface area contributed by atoms with Gasteiger partial charge in [0, 0.05) is 43.6 Å². The Morgan fingerprint density at radius 1 is 1.16 bits per heavy atom. The molecule has 5 heteroatoms. The summed E-state index contributed by atoms with van der Waals surface area (Å²) in [5.74, 6) is 0.538. The Kier molecular flexibility index (Phi) is 5.12. The molecule has 25 heavy (non-hydrogen) atoms. The van der Waals surface area contributed by atoms with E-state index in [-0.39, 0.29) is 5.91 Å². The topological polar surface area (TPSA) is 53.6 Å². The lowest BCUT2D eigenvalue weighted by atomic mass is 10.1. The van der Waals surface area contributed by atoms with E-state index in [0.717, 1.165) is 37.2 Å². The molecule has 1 aliphatic rings. The molecule has 0 radical (unpaired) electrons. The molecular weight excluding hydrogens is 314 g/mol. The lowest BCUT2D eigenvalue weighted by Gasteiger charge is -2.16. The number of amides is 1. The molecule has 0 spiro atoms. The third-order valence-corrected chi connectivity index (χ3v) is 4.51. The van der Waals surface area contributed by atoms with Crippen LogP contribution in [-0.4, -0.2) is 33.7 Å². The first-order valence-corrected chi connectivity index (χ1v) is 8.62. The van der Waals surface area contributed by atoms with Gasteiger partial charge in [0.2, 0.25) is 0 Å². The van der Waals surface area contributed by atoms with E-state index in [0.29, 0.717) is 17.0 Å². The second-order valence-corrected chi connectivity index (χ2v) is 6.49. The summed E-state index contributed by atoms with van der Waals surface area (Å²) in [5, 5.41) is 6.42. The van der Waals surface area contributed by atoms with E-state index in [1.807, 2.05) is 55.4 Å². The molecule has 0 bridgehead atoms. The normalized spacial score (nSPS) is 13.2. The molecule has 1 amide bonds. The van der Waals surface area contributed by atoms with Crippen molar-refractivity contribution in [1.29, 1.82) is 0 Å². The van der Waals surface area contributed by atoms with Crippen molar-refractivity contribution in [3.63, 3.8) is 0 Å². The number of hydrogen-bond donors (Lipinski definition) is 2. The quantitative estimate of drug-likeness (QED) is 0.890. The lowest BCUT2D eigenvalue weighted by Crippen LogP contribution is -2.14. The van der Waals surface area contributed by atoms with Gasteiger partial charge in [0.15, 0.2) is 0 Å². The molecule has 2 N–H and O–H groups in total. The van der Waals surface area contributed by atoms with Gasteiger partial charge in [-0.3, -0.25) is 4.79 Å². The molecule has 0 fully saturated rings. The number of ether oxygens (including phenoxy) is 1. The van der Waals surface area contributed by atoms with Crippen LogP contribution < -0.4 is 20.3 Å². The van der Waals surface area contributed by atoms with Crippen molar-refractivity contribution in [3.8, 4) is 5.75 Å². The van der Waals surface area contributed by atoms with Gasteiger partial charge in [-0.2, -0.15) is 0 Å². The number of carbonyl (C=O) groups is 1. The van der Waals surface area contributed by atoms with Gasteiger partial charge in [-0.1, -0.05) is 0 Å². The highest BCUT2D eigenvalue weighted by Gasteiger charge is 2.15. The van der Waals surface area contributed by atoms with Crippen molar-refractivity contribution in [2.45, 2.75) is 19.3 Å². The molecule has 2 aromatic rings. The van der Waals surface area contributed by atoms with Crippen LogP contribution in [0.5, 0.6) is 5.75 Å². The van der Waals surface area contributed by atoms with Gasteiger partial charge in [0.25, 0.3) is 5.91 Å². The second kappa shape index (κ2) is 7.47. The Hall–Kier alpha value is -2.69. The van der Waals surface area contributed by atoms with E-state index in [4.69, 9.17) is 4.74 Å². The maximum absolute atomic E-state index is 12.6. The van der Waals surface area contributed by atoms with Crippen molar-refractivity contribution in [2.75, 3.05) is 43.3 Å². The van der Waals surface area contributed by atoms with E-state index >= 15 is 0 Å². The van der Waals surface area contributed by atoms with Gasteiger partial charge in [0.05, 0.1) is 12.8 Å². The Morgan fingerprint density at radius 3 is 2.60 bits per heavy atom. The molecule has 132 valence electrons. The summed E-state index contributed by atoms with van der Waals surface area (Å²) in [6, 6.07) is 11.6. The number of nitrogens with zero attached hydrogens (tertiary/aromatic N) is 1. The fourth-order valence-corrected chi connectivity index (χ4v) is 3.03. The van der Waals surface area contributed by atoms with E-state index in [9.17, 15) is 4.79 Å². The van der Waals surface area contributed by atoms with E-state index in [2.05, 4.69) is 10.6 Å². The highest BCUT2D eigenvalue weighted by Crippen LogP contribution is 2.34. The summed E-state index contributed by atoms with van der Waals surface area (Å²) in [4.78, 5) is 14.6. The van der Waals surface area contributed by atoms with Crippen LogP contribution in [0.4, 0.5) is 17.1 Å². The number of carbonyl (C=O) groups excluding carboxylic acids is 1. The number of hydrogen-bond acceptors (Lipinski definition) is 4. The van der Waals surface area contributed by atoms with Crippen molar-refractivity contribution in [3.05, 3.63) is 47.5 Å². The monoisotopic (exact) mass is 339 g/mol. The minimum Gasteiger partial charge on any atom is -0.494 e. The summed E-state index contributed by atoms with van der Waals surface area (Å²) >= 11 is 0. The summed E-state index contributed by atoms with van der Waals surface area (Å²) < 4.78 is 5.48. The zero-order chi connectivity index (χ0) is 17.8. The van der Waals surface area contributed by atoms with Crippen molar-refractivity contribution in [2.24, 2.45) is 0 Å². The number of nitrogens with one attached hydrogen (secondary N) is 2. The molecule has 0 atom stereocenters. The molecule has 3 rings (SSSR count). The van der Waals surface area contributed by atoms with Crippen LogP contribution in [0.1, 0.15) is 28.8 Å². The maximum Gasteiger partial charge on any atom is 0.255 e. The summed E-state index contributed by atoms with van der Waals surface area (Å²) in [6.07, 6.45) is 3.30. The van der Waals surface area contributed by atoms with Gasteiger partial charge < -0.3 is 20.3 Å². The van der Waals surface area contributed by atoms with Crippen LogP contribution in [0.15, 0.2) is 36.4 Å². The average Bonchev–Trinajstić information content (AvgIpc) is 2.85. The first-order valence-electron chi connectivity index (χ1n) is 8.62. The van der Waals surface area contributed by atoms with Crippen molar-refractivity contribution < 1.29 is 9.53 Å². The van der Waals surface area contributed by atoms with Crippen LogP contribution in [0, 0.1) is 0 Å². The Balaban J connectivity index is 1.83. The highest BCUT2D eigenvalue weighted by atomic mass is 16.5. The van der Waals surface area contributed by atoms with Gasteiger partial charge >= 0.3 is 0 Å². The fraction of sp³-hybridized carbons (Fsp3) is 0.350. The number of rotatable bonds is 4. The lowest BCUT2D eigenvalue weighted by molar-refractivity contribution is 0.102. The Morgan fingerprint density at radius 2 is 1.92 bits per heavy atom. The smallest absolute Gasteiger partial charge is 0.255 e. The van der Waals surface area contributed by atoms with Crippen LogP contribution in [0.25, 0.3) is 0 Å². The van der Waals surface area contributed by atoms with E-state index in [1.54, 1.807) is 7.11 Å². The zero-order valence-corrected chi connectivity index (χ0v) is 15.1. The minimum absolute atomic E-state index is 0.134. The molecule has 0 aliphatic carbocycles. The first-order chi connectivity index (χ1) is 12.1. The van der Waals surface area contributed by atoms with E-state index < -0.39 is 0 Å². The van der Waals surface area contributed by atoms with Crippen LogP contribution in [-0.2, 0) is 6.42 Å². The number of anilines is 3. The Bertz CT molecular complexity index is 754. The predicted octanol–water partition coefficient (Wildman–Crippen LogP) is 3.76. The van der Waals surface area contributed by atoms with Gasteiger partial charge in [0.1, 0.15) is 5.75 Å². The zero-order valence-electron chi connectivity index (χ0n) is 15.1. The number of methoxy groups -OCH3 is 1. The molecule has 1 aliphatic heterocycles. The fourth-order valence-electron chi connectivity index (χ4n) is 3.03. The molecule has 0 saturated carbocycles. The number of fused-ring (bicyclic) bond motifs is 1. The molecule has 0 aromatic heterocycles. The second-order valence-electron chi connectivity index (χ2n) is 6.49. The van der Waals surface area contributed by atoms with Gasteiger partial charge in [-0.05, 0) is 55.2 Å². The van der Waals surface area contributed by atoms with E-state index in [1.165, 1.54) is 5.56 Å². The van der Waals surface area contributed by atoms with Crippen molar-refractivity contribution >= 4 is 23.0 Å². The summed E-state index contributed by atoms with van der Waals surface area (Å²) in [5.41, 5.74) is 4.72. The largest absolute Gasteiger partial charge is 0.494 e. The number of aryl methyl sites for hydroxylation is 1. The Labute approximate surface area is 149 Å². The predicted molar refractivity (Wildman–Crippen MR) is 103 cm³/mol. The molecule has 0 unspecified atom stereocenters. The standard InChI is InChI=1S/C20H25N3O2/c1-23(2)16-9-7-14(8-10-16)20(24)22-18-12-15-6-4-5-11-21-17(15)13-19(18)25-3/h7-10,12-13,21H,4-6,11H2,1-3H3,(H,22,24). The van der Waals surface area contributed by atoms with Crippen LogP contribution >= 0.6 is 0 Å². The molecule has 2 aromatic carbocycles. The van der Waals surface area contributed by atoms with Gasteiger partial charge in [-0.15, -0.1) is 0 Å². The average molecular weight is 339 g/mol. The van der Waals surface area contributed by atoms with Gasteiger partial charge in [-0.25, -0.2) is 0 Å². The molecule has 1 heterocycles. The summed E-state index contributed by atoms with van der Waals surface area (Å²) in [6.45, 7) is 0.972. The third-order valence-electron chi connectivity index (χ3n) is 4.51. The maximum atomic E-state index is 12.6. The van der Waals surface area contributed by atoms with Crippen LogP contribution in [0.2, 0.25) is 0 Å². The van der Waals surface area contributed by atoms with Crippen LogP contribution in [0.3, 0.4) is 0 Å². The molecular formula is C20H25N3O2. The SMILES string of the molecule is COc1cc2c(cc1NC(=O)c1ccc(N(C)C)cc1)CCCCN2. The third kappa shape index (κ3) is 3.87. The summed E-state index contributed by atoms with van der Waals surface area (Å²) in [7, 11) is 5.58. The highest BCUT2D eigenvalue weighted by molar-refractivity contribution is 6.05. The number of benzene rings is 2. The first kappa shape index (κ1) is 17.1. The van der Waals surface area contributed by atoms with Crippen molar-refractivity contribution in [1.82, 2.24) is 0 Å². The molecule has 5 nitrogen and oxygen atoms in total.